The maximum Gasteiger partial charge on any atom is 0.0462 e. The summed E-state index contributed by atoms with van der Waals surface area (Å²) in [5, 5.41) is 0. The zero-order chi connectivity index (χ0) is 13.8. The highest BCUT2D eigenvalue weighted by atomic mass is 15.2. The van der Waals surface area contributed by atoms with Crippen LogP contribution in [0.1, 0.15) is 57.7 Å². The molecule has 0 fully saturated rings. The van der Waals surface area contributed by atoms with Crippen molar-refractivity contribution in [2.45, 2.75) is 53.5 Å². The highest BCUT2D eigenvalue weighted by Gasteiger charge is 2.19. The van der Waals surface area contributed by atoms with Gasteiger partial charge in [-0.25, -0.2) is 0 Å². The second-order valence-corrected chi connectivity index (χ2v) is 6.74. The van der Waals surface area contributed by atoms with Gasteiger partial charge in [-0.05, 0) is 36.7 Å². The molecule has 102 valence electrons. The van der Waals surface area contributed by atoms with Gasteiger partial charge in [0.1, 0.15) is 0 Å². The van der Waals surface area contributed by atoms with Crippen molar-refractivity contribution in [3.05, 3.63) is 35.4 Å². The predicted octanol–water partition coefficient (Wildman–Crippen LogP) is 3.96. The molecule has 18 heavy (non-hydrogen) atoms. The molecule has 0 saturated heterocycles. The van der Waals surface area contributed by atoms with E-state index in [0.29, 0.717) is 11.3 Å². The Morgan fingerprint density at radius 2 is 1.94 bits per heavy atom. The molecule has 3 N–H and O–H groups in total. The summed E-state index contributed by atoms with van der Waals surface area (Å²) in [7, 11) is 0. The van der Waals surface area contributed by atoms with Crippen molar-refractivity contribution >= 4 is 0 Å². The van der Waals surface area contributed by atoms with Crippen molar-refractivity contribution in [1.29, 1.82) is 0 Å². The average Bonchev–Trinajstić information content (AvgIpc) is 2.23. The molecule has 0 amide bonds. The number of hydrogen-bond donors (Lipinski definition) is 2. The highest BCUT2D eigenvalue weighted by Crippen LogP contribution is 2.30. The first-order valence-corrected chi connectivity index (χ1v) is 6.84. The van der Waals surface area contributed by atoms with Gasteiger partial charge >= 0.3 is 0 Å². The molecule has 0 radical (unpaired) electrons. The van der Waals surface area contributed by atoms with Gasteiger partial charge < -0.3 is 0 Å². The van der Waals surface area contributed by atoms with E-state index < -0.39 is 0 Å². The van der Waals surface area contributed by atoms with Crippen molar-refractivity contribution in [2.75, 3.05) is 0 Å². The van der Waals surface area contributed by atoms with Crippen LogP contribution in [0, 0.1) is 18.3 Å². The lowest BCUT2D eigenvalue weighted by Crippen LogP contribution is -2.30. The van der Waals surface area contributed by atoms with E-state index in [1.165, 1.54) is 17.5 Å². The topological polar surface area (TPSA) is 38.0 Å². The summed E-state index contributed by atoms with van der Waals surface area (Å²) in [6, 6.07) is 8.84. The molecule has 0 heterocycles. The molecular formula is C16H28N2. The Bertz CT molecular complexity index is 366. The standard InChI is InChI=1S/C16H28N2/c1-12-7-6-8-14(9-12)15(18-17)10-13(2)11-16(3,4)5/h6-9,13,15,18H,10-11,17H2,1-5H3. The molecule has 0 aliphatic rings. The summed E-state index contributed by atoms with van der Waals surface area (Å²) >= 11 is 0. The molecule has 2 atom stereocenters. The Labute approximate surface area is 112 Å². The Hall–Kier alpha value is -0.860. The second-order valence-electron chi connectivity index (χ2n) is 6.74. The molecule has 2 nitrogen and oxygen atoms in total. The van der Waals surface area contributed by atoms with E-state index in [4.69, 9.17) is 5.84 Å². The highest BCUT2D eigenvalue weighted by molar-refractivity contribution is 5.25. The third-order valence-electron chi connectivity index (χ3n) is 3.24. The van der Waals surface area contributed by atoms with Gasteiger partial charge in [0.15, 0.2) is 0 Å². The summed E-state index contributed by atoms with van der Waals surface area (Å²) in [5.41, 5.74) is 5.92. The van der Waals surface area contributed by atoms with Crippen LogP contribution in [0.3, 0.4) is 0 Å². The largest absolute Gasteiger partial charge is 0.271 e. The summed E-state index contributed by atoms with van der Waals surface area (Å²) in [5.74, 6) is 6.38. The molecule has 0 aliphatic carbocycles. The first kappa shape index (κ1) is 15.2. The van der Waals surface area contributed by atoms with E-state index in [0.717, 1.165) is 6.42 Å². The molecule has 0 bridgehead atoms. The third-order valence-corrected chi connectivity index (χ3v) is 3.24. The predicted molar refractivity (Wildman–Crippen MR) is 79.1 cm³/mol. The molecular weight excluding hydrogens is 220 g/mol. The first-order chi connectivity index (χ1) is 8.31. The minimum atomic E-state index is 0.252. The van der Waals surface area contributed by atoms with Gasteiger partial charge in [-0.3, -0.25) is 11.3 Å². The Morgan fingerprint density at radius 1 is 1.28 bits per heavy atom. The maximum atomic E-state index is 5.72. The maximum absolute atomic E-state index is 5.72. The van der Waals surface area contributed by atoms with Gasteiger partial charge in [-0.2, -0.15) is 0 Å². The normalized spacial score (nSPS) is 15.4. The number of hydrogen-bond acceptors (Lipinski definition) is 2. The molecule has 0 spiro atoms. The number of rotatable bonds is 5. The number of benzene rings is 1. The van der Waals surface area contributed by atoms with E-state index in [1.54, 1.807) is 0 Å². The third kappa shape index (κ3) is 5.19. The Balaban J connectivity index is 2.67. The minimum Gasteiger partial charge on any atom is -0.271 e. The quantitative estimate of drug-likeness (QED) is 0.611. The van der Waals surface area contributed by atoms with Crippen LogP contribution in [-0.4, -0.2) is 0 Å². The first-order valence-electron chi connectivity index (χ1n) is 6.84. The number of hydrazine groups is 1. The smallest absolute Gasteiger partial charge is 0.0462 e. The Morgan fingerprint density at radius 3 is 2.44 bits per heavy atom. The van der Waals surface area contributed by atoms with Crippen LogP contribution in [0.15, 0.2) is 24.3 Å². The van der Waals surface area contributed by atoms with E-state index >= 15 is 0 Å². The zero-order valence-electron chi connectivity index (χ0n) is 12.5. The van der Waals surface area contributed by atoms with Crippen molar-refractivity contribution in [3.63, 3.8) is 0 Å². The Kier molecular flexibility index (Phi) is 5.36. The molecule has 2 heteroatoms. The molecule has 1 aromatic rings. The molecule has 2 unspecified atom stereocenters. The molecule has 0 aromatic heterocycles. The van der Waals surface area contributed by atoms with Crippen LogP contribution in [0.4, 0.5) is 0 Å². The summed E-state index contributed by atoms with van der Waals surface area (Å²) < 4.78 is 0. The van der Waals surface area contributed by atoms with Gasteiger partial charge in [-0.15, -0.1) is 0 Å². The lowest BCUT2D eigenvalue weighted by molar-refractivity contribution is 0.276. The van der Waals surface area contributed by atoms with Crippen LogP contribution in [0.25, 0.3) is 0 Å². The summed E-state index contributed by atoms with van der Waals surface area (Å²) in [6.07, 6.45) is 2.30. The molecule has 1 rings (SSSR count). The second kappa shape index (κ2) is 6.35. The molecule has 1 aromatic carbocycles. The van der Waals surface area contributed by atoms with Crippen LogP contribution >= 0.6 is 0 Å². The monoisotopic (exact) mass is 248 g/mol. The van der Waals surface area contributed by atoms with Gasteiger partial charge in [0, 0.05) is 6.04 Å². The van der Waals surface area contributed by atoms with E-state index in [9.17, 15) is 0 Å². The molecule has 0 saturated carbocycles. The molecule has 0 aliphatic heterocycles. The van der Waals surface area contributed by atoms with Crippen molar-refractivity contribution in [2.24, 2.45) is 17.2 Å². The fraction of sp³-hybridized carbons (Fsp3) is 0.625. The number of nitrogens with two attached hydrogens (primary N) is 1. The lowest BCUT2D eigenvalue weighted by Gasteiger charge is -2.26. The minimum absolute atomic E-state index is 0.252. The van der Waals surface area contributed by atoms with Gasteiger partial charge in [0.25, 0.3) is 0 Å². The number of nitrogens with one attached hydrogen (secondary N) is 1. The van der Waals surface area contributed by atoms with Gasteiger partial charge in [0.05, 0.1) is 0 Å². The fourth-order valence-corrected chi connectivity index (χ4v) is 2.72. The van der Waals surface area contributed by atoms with Crippen molar-refractivity contribution in [1.82, 2.24) is 5.43 Å². The van der Waals surface area contributed by atoms with Crippen LogP contribution in [0.2, 0.25) is 0 Å². The summed E-state index contributed by atoms with van der Waals surface area (Å²) in [4.78, 5) is 0. The van der Waals surface area contributed by atoms with Crippen molar-refractivity contribution in [3.8, 4) is 0 Å². The van der Waals surface area contributed by atoms with Crippen molar-refractivity contribution < 1.29 is 0 Å². The zero-order valence-corrected chi connectivity index (χ0v) is 12.5. The van der Waals surface area contributed by atoms with E-state index in [1.807, 2.05) is 0 Å². The van der Waals surface area contributed by atoms with Gasteiger partial charge in [-0.1, -0.05) is 57.5 Å². The van der Waals surface area contributed by atoms with Gasteiger partial charge in [0.2, 0.25) is 0 Å². The SMILES string of the molecule is Cc1cccc(C(CC(C)CC(C)(C)C)NN)c1. The average molecular weight is 248 g/mol. The summed E-state index contributed by atoms with van der Waals surface area (Å²) in [6.45, 7) is 11.3. The lowest BCUT2D eigenvalue weighted by atomic mass is 9.82. The van der Waals surface area contributed by atoms with E-state index in [-0.39, 0.29) is 6.04 Å². The van der Waals surface area contributed by atoms with E-state index in [2.05, 4.69) is 64.3 Å². The van der Waals surface area contributed by atoms with Crippen LogP contribution < -0.4 is 11.3 Å². The fourth-order valence-electron chi connectivity index (χ4n) is 2.72. The number of aryl methyl sites for hydroxylation is 1. The van der Waals surface area contributed by atoms with Crippen LogP contribution in [0.5, 0.6) is 0 Å². The van der Waals surface area contributed by atoms with Crippen LogP contribution in [-0.2, 0) is 0 Å².